The fraction of sp³-hybridized carbons (Fsp3) is 0.316. The van der Waals surface area contributed by atoms with Gasteiger partial charge >= 0.3 is 0 Å². The molecule has 0 saturated heterocycles. The Bertz CT molecular complexity index is 843. The highest BCUT2D eigenvalue weighted by atomic mass is 16.5. The van der Waals surface area contributed by atoms with Crippen molar-refractivity contribution >= 4 is 10.8 Å². The van der Waals surface area contributed by atoms with Gasteiger partial charge in [-0.25, -0.2) is 4.98 Å². The number of hydrogen-bond donors (Lipinski definition) is 2. The van der Waals surface area contributed by atoms with Gasteiger partial charge in [-0.3, -0.25) is 0 Å². The van der Waals surface area contributed by atoms with Crippen LogP contribution in [0.4, 0.5) is 0 Å². The van der Waals surface area contributed by atoms with E-state index in [-0.39, 0.29) is 5.92 Å². The van der Waals surface area contributed by atoms with E-state index in [0.29, 0.717) is 17.2 Å². The number of hydrogen-bond acceptors (Lipinski definition) is 4. The minimum Gasteiger partial charge on any atom is -0.493 e. The molecule has 126 valence electrons. The Balaban J connectivity index is 2.20. The van der Waals surface area contributed by atoms with Crippen molar-refractivity contribution < 1.29 is 14.6 Å². The molecule has 24 heavy (non-hydrogen) atoms. The lowest BCUT2D eigenvalue weighted by Gasteiger charge is -2.31. The van der Waals surface area contributed by atoms with E-state index in [0.717, 1.165) is 16.3 Å². The van der Waals surface area contributed by atoms with Crippen LogP contribution in [0, 0.1) is 5.92 Å². The fourth-order valence-electron chi connectivity index (χ4n) is 3.14. The third-order valence-electron chi connectivity index (χ3n) is 4.52. The number of imidazole rings is 1. The molecule has 1 unspecified atom stereocenters. The van der Waals surface area contributed by atoms with Crippen molar-refractivity contribution in [3.63, 3.8) is 0 Å². The van der Waals surface area contributed by atoms with Gasteiger partial charge in [0, 0.05) is 11.6 Å². The van der Waals surface area contributed by atoms with Gasteiger partial charge in [0.25, 0.3) is 0 Å². The normalized spacial score (nSPS) is 13.9. The van der Waals surface area contributed by atoms with Crippen LogP contribution in [0.1, 0.15) is 25.1 Å². The first kappa shape index (κ1) is 16.3. The van der Waals surface area contributed by atoms with E-state index >= 15 is 0 Å². The Labute approximate surface area is 141 Å². The van der Waals surface area contributed by atoms with Crippen LogP contribution in [-0.4, -0.2) is 29.3 Å². The van der Waals surface area contributed by atoms with Gasteiger partial charge in [-0.15, -0.1) is 0 Å². The molecule has 2 aromatic carbocycles. The van der Waals surface area contributed by atoms with E-state index in [4.69, 9.17) is 9.47 Å². The quantitative estimate of drug-likeness (QED) is 0.753. The number of nitrogens with zero attached hydrogens (tertiary/aromatic N) is 1. The van der Waals surface area contributed by atoms with Crippen molar-refractivity contribution in [2.24, 2.45) is 5.92 Å². The lowest BCUT2D eigenvalue weighted by molar-refractivity contribution is 0.0280. The van der Waals surface area contributed by atoms with Crippen LogP contribution >= 0.6 is 0 Å². The lowest BCUT2D eigenvalue weighted by Crippen LogP contribution is -2.33. The van der Waals surface area contributed by atoms with Crippen LogP contribution in [0.5, 0.6) is 11.5 Å². The van der Waals surface area contributed by atoms with Crippen molar-refractivity contribution in [1.82, 2.24) is 9.97 Å². The monoisotopic (exact) mass is 326 g/mol. The summed E-state index contributed by atoms with van der Waals surface area (Å²) < 4.78 is 10.8. The number of benzene rings is 2. The third kappa shape index (κ3) is 2.41. The molecule has 0 aliphatic carbocycles. The van der Waals surface area contributed by atoms with Gasteiger partial charge in [0.1, 0.15) is 5.60 Å². The SMILES string of the molecule is COc1ccc2cc(C(O)(c3c[nH]cn3)C(C)C)ccc2c1OC. The molecule has 0 saturated carbocycles. The Kier molecular flexibility index (Phi) is 4.20. The number of ether oxygens (including phenoxy) is 2. The molecule has 0 aliphatic heterocycles. The number of nitrogens with one attached hydrogen (secondary N) is 1. The molecule has 0 radical (unpaired) electrons. The van der Waals surface area contributed by atoms with Crippen molar-refractivity contribution in [2.75, 3.05) is 14.2 Å². The van der Waals surface area contributed by atoms with Gasteiger partial charge in [0.15, 0.2) is 11.5 Å². The topological polar surface area (TPSA) is 67.4 Å². The zero-order valence-electron chi connectivity index (χ0n) is 14.3. The molecule has 0 amide bonds. The molecule has 0 fully saturated rings. The molecule has 5 nitrogen and oxygen atoms in total. The molecule has 3 rings (SSSR count). The van der Waals surface area contributed by atoms with Crippen molar-refractivity contribution in [1.29, 1.82) is 0 Å². The maximum Gasteiger partial charge on any atom is 0.168 e. The van der Waals surface area contributed by atoms with Crippen molar-refractivity contribution in [2.45, 2.75) is 19.4 Å². The van der Waals surface area contributed by atoms with E-state index in [1.807, 2.05) is 44.2 Å². The van der Waals surface area contributed by atoms with Crippen molar-refractivity contribution in [3.05, 3.63) is 54.1 Å². The van der Waals surface area contributed by atoms with Gasteiger partial charge < -0.3 is 19.6 Å². The highest BCUT2D eigenvalue weighted by molar-refractivity contribution is 5.91. The molecule has 2 N–H and O–H groups in total. The van der Waals surface area contributed by atoms with Crippen molar-refractivity contribution in [3.8, 4) is 11.5 Å². The number of aromatic nitrogens is 2. The zero-order chi connectivity index (χ0) is 17.3. The summed E-state index contributed by atoms with van der Waals surface area (Å²) in [7, 11) is 3.24. The van der Waals surface area contributed by atoms with E-state index < -0.39 is 5.60 Å². The van der Waals surface area contributed by atoms with Gasteiger partial charge in [0.05, 0.1) is 26.2 Å². The number of H-pyrrole nitrogens is 1. The van der Waals surface area contributed by atoms with E-state index in [1.165, 1.54) is 0 Å². The smallest absolute Gasteiger partial charge is 0.168 e. The first-order valence-corrected chi connectivity index (χ1v) is 7.89. The molecule has 3 aromatic rings. The van der Waals surface area contributed by atoms with E-state index in [1.54, 1.807) is 26.7 Å². The second-order valence-electron chi connectivity index (χ2n) is 6.11. The molecule has 0 bridgehead atoms. The van der Waals surface area contributed by atoms with Gasteiger partial charge in [-0.05, 0) is 29.0 Å². The summed E-state index contributed by atoms with van der Waals surface area (Å²) in [6, 6.07) is 9.68. The second kappa shape index (κ2) is 6.17. The van der Waals surface area contributed by atoms with Crippen LogP contribution in [0.2, 0.25) is 0 Å². The maximum atomic E-state index is 11.4. The van der Waals surface area contributed by atoms with Crippen LogP contribution in [0.25, 0.3) is 10.8 Å². The van der Waals surface area contributed by atoms with E-state index in [9.17, 15) is 5.11 Å². The standard InChI is InChI=1S/C19H22N2O3/c1-12(2)19(22,17-10-20-11-21-17)14-6-7-15-13(9-14)5-8-16(23-3)18(15)24-4/h5-12,22H,1-4H3,(H,20,21). The number of fused-ring (bicyclic) bond motifs is 1. The maximum absolute atomic E-state index is 11.4. The van der Waals surface area contributed by atoms with E-state index in [2.05, 4.69) is 9.97 Å². The highest BCUT2D eigenvalue weighted by Gasteiger charge is 2.37. The predicted molar refractivity (Wildman–Crippen MR) is 93.5 cm³/mol. The van der Waals surface area contributed by atoms with Crippen LogP contribution in [0.3, 0.4) is 0 Å². The van der Waals surface area contributed by atoms with Gasteiger partial charge in [-0.2, -0.15) is 0 Å². The average Bonchev–Trinajstić information content (AvgIpc) is 3.14. The number of aliphatic hydroxyl groups is 1. The van der Waals surface area contributed by atoms with Gasteiger partial charge in [-0.1, -0.05) is 32.0 Å². The predicted octanol–water partition coefficient (Wildman–Crippen LogP) is 3.47. The molecule has 0 spiro atoms. The number of rotatable bonds is 5. The summed E-state index contributed by atoms with van der Waals surface area (Å²) in [5.41, 5.74) is 0.239. The molecule has 1 aromatic heterocycles. The Morgan fingerprint density at radius 3 is 2.50 bits per heavy atom. The summed E-state index contributed by atoms with van der Waals surface area (Å²) in [5, 5.41) is 13.3. The van der Waals surface area contributed by atoms with Crippen LogP contribution in [-0.2, 0) is 5.60 Å². The first-order chi connectivity index (χ1) is 11.5. The Hall–Kier alpha value is -2.53. The first-order valence-electron chi connectivity index (χ1n) is 7.89. The van der Waals surface area contributed by atoms with Gasteiger partial charge in [0.2, 0.25) is 0 Å². The summed E-state index contributed by atoms with van der Waals surface area (Å²) in [4.78, 5) is 7.20. The lowest BCUT2D eigenvalue weighted by atomic mass is 9.80. The molecular formula is C19H22N2O3. The molecule has 0 aliphatic rings. The average molecular weight is 326 g/mol. The molecule has 1 heterocycles. The summed E-state index contributed by atoms with van der Waals surface area (Å²) in [6.07, 6.45) is 3.32. The fourth-order valence-corrected chi connectivity index (χ4v) is 3.14. The molecule has 1 atom stereocenters. The second-order valence-corrected chi connectivity index (χ2v) is 6.11. The van der Waals surface area contributed by atoms with Crippen LogP contribution in [0.15, 0.2) is 42.9 Å². The minimum absolute atomic E-state index is 0.0432. The summed E-state index contributed by atoms with van der Waals surface area (Å²) in [5.74, 6) is 1.33. The largest absolute Gasteiger partial charge is 0.493 e. The Morgan fingerprint density at radius 2 is 1.92 bits per heavy atom. The Morgan fingerprint density at radius 1 is 1.12 bits per heavy atom. The summed E-state index contributed by atoms with van der Waals surface area (Å²) >= 11 is 0. The molecule has 5 heteroatoms. The zero-order valence-corrected chi connectivity index (χ0v) is 14.3. The highest BCUT2D eigenvalue weighted by Crippen LogP contribution is 2.40. The number of methoxy groups -OCH3 is 2. The third-order valence-corrected chi connectivity index (χ3v) is 4.52. The number of aromatic amines is 1. The summed E-state index contributed by atoms with van der Waals surface area (Å²) in [6.45, 7) is 3.96. The molecular weight excluding hydrogens is 304 g/mol. The van der Waals surface area contributed by atoms with Crippen LogP contribution < -0.4 is 9.47 Å². The minimum atomic E-state index is -1.17.